The zero-order valence-corrected chi connectivity index (χ0v) is 23.6. The fourth-order valence-corrected chi connectivity index (χ4v) is 5.54. The number of fused-ring (bicyclic) bond motifs is 2. The topological polar surface area (TPSA) is 110 Å². The first-order valence-corrected chi connectivity index (χ1v) is 15.1. The Morgan fingerprint density at radius 3 is 2.71 bits per heavy atom. The summed E-state index contributed by atoms with van der Waals surface area (Å²) >= 11 is 0. The van der Waals surface area contributed by atoms with Crippen LogP contribution in [0, 0.1) is 6.92 Å². The minimum atomic E-state index is -4.27. The summed E-state index contributed by atoms with van der Waals surface area (Å²) in [7, 11) is -2.47. The van der Waals surface area contributed by atoms with Crippen molar-refractivity contribution in [2.24, 2.45) is 4.36 Å². The molecule has 0 bridgehead atoms. The predicted octanol–water partition coefficient (Wildman–Crippen LogP) is 4.49. The number of aryl methyl sites for hydroxylation is 1. The Hall–Kier alpha value is -4.04. The van der Waals surface area contributed by atoms with Crippen molar-refractivity contribution >= 4 is 38.2 Å². The van der Waals surface area contributed by atoms with Crippen LogP contribution in [-0.4, -0.2) is 65.2 Å². The smallest absolute Gasteiger partial charge is 0.324 e. The summed E-state index contributed by atoms with van der Waals surface area (Å²) < 4.78 is 58.3. The fraction of sp³-hybridized carbons (Fsp3) is 0.333. The first-order valence-electron chi connectivity index (χ1n) is 12.7. The summed E-state index contributed by atoms with van der Waals surface area (Å²) in [4.78, 5) is 28.1. The highest BCUT2D eigenvalue weighted by Gasteiger charge is 2.32. The summed E-state index contributed by atoms with van der Waals surface area (Å²) in [6, 6.07) is 8.71. The molecule has 0 amide bonds. The third-order valence-electron chi connectivity index (χ3n) is 6.52. The van der Waals surface area contributed by atoms with Crippen LogP contribution < -0.4 is 10.9 Å². The van der Waals surface area contributed by atoms with Gasteiger partial charge in [0, 0.05) is 47.2 Å². The van der Waals surface area contributed by atoms with Crippen molar-refractivity contribution in [3.63, 3.8) is 0 Å². The van der Waals surface area contributed by atoms with E-state index >= 15 is 0 Å². The first kappa shape index (κ1) is 28.5. The summed E-state index contributed by atoms with van der Waals surface area (Å²) in [5.74, 6) is 0.770. The van der Waals surface area contributed by atoms with E-state index in [-0.39, 0.29) is 41.4 Å². The van der Waals surface area contributed by atoms with Crippen LogP contribution in [0.4, 0.5) is 30.6 Å². The second kappa shape index (κ2) is 10.7. The molecule has 0 spiro atoms. The largest absolute Gasteiger partial charge is 0.401 e. The van der Waals surface area contributed by atoms with Gasteiger partial charge in [-0.2, -0.15) is 22.5 Å². The lowest BCUT2D eigenvalue weighted by Gasteiger charge is -2.30. The lowest BCUT2D eigenvalue weighted by Crippen LogP contribution is -2.38. The molecule has 216 valence electrons. The number of nitrogens with one attached hydrogen (secondary N) is 1. The first-order chi connectivity index (χ1) is 19.3. The van der Waals surface area contributed by atoms with E-state index in [9.17, 15) is 22.2 Å². The molecule has 0 atom stereocenters. The van der Waals surface area contributed by atoms with E-state index < -0.39 is 22.5 Å². The number of aromatic nitrogens is 5. The lowest BCUT2D eigenvalue weighted by molar-refractivity contribution is -0.147. The van der Waals surface area contributed by atoms with Crippen molar-refractivity contribution in [1.82, 2.24) is 29.2 Å². The second-order valence-corrected chi connectivity index (χ2v) is 12.7. The molecule has 0 saturated carbocycles. The van der Waals surface area contributed by atoms with Crippen LogP contribution in [0.5, 0.6) is 0 Å². The summed E-state index contributed by atoms with van der Waals surface area (Å²) in [5, 5.41) is 3.40. The number of nitrogens with zero attached hydrogens (tertiary/aromatic N) is 7. The standard InChI is InChI=1S/C27H29F3N8O2S/c1-5-10-37-25(39)21-14-31-26(34-24(21)38(37)23-8-6-7-22(33-23)35-41(3,4)40)32-19-12-17(2)20-9-11-36(15-18(20)13-19)16-27(28,29)30/h5-8,12-14H,1,9-11,15-16H2,2-4H3,(H,31,32,34). The number of allylic oxidation sites excluding steroid dienone is 1. The highest BCUT2D eigenvalue weighted by atomic mass is 32.2. The van der Waals surface area contributed by atoms with Crippen molar-refractivity contribution in [2.75, 3.05) is 30.9 Å². The molecular formula is C27H29F3N8O2S. The Balaban J connectivity index is 1.55. The van der Waals surface area contributed by atoms with Gasteiger partial charge in [0.05, 0.1) is 13.1 Å². The SMILES string of the molecule is C=CCn1c(=O)c2cnc(Nc3cc(C)c4c(c3)CN(CC(F)(F)F)CC4)nc2n1-c1cccc(N=S(C)(C)=O)n1. The number of benzene rings is 1. The molecule has 0 saturated heterocycles. The van der Waals surface area contributed by atoms with Gasteiger partial charge < -0.3 is 5.32 Å². The number of halogens is 3. The van der Waals surface area contributed by atoms with E-state index in [0.717, 1.165) is 16.7 Å². The highest BCUT2D eigenvalue weighted by Crippen LogP contribution is 2.29. The molecule has 0 fully saturated rings. The monoisotopic (exact) mass is 586 g/mol. The summed E-state index contributed by atoms with van der Waals surface area (Å²) in [6.07, 6.45) is 2.26. The lowest BCUT2D eigenvalue weighted by atomic mass is 9.94. The van der Waals surface area contributed by atoms with Crippen LogP contribution in [0.15, 0.2) is 58.3 Å². The van der Waals surface area contributed by atoms with Gasteiger partial charge in [-0.05, 0) is 54.3 Å². The minimum Gasteiger partial charge on any atom is -0.324 e. The predicted molar refractivity (Wildman–Crippen MR) is 153 cm³/mol. The molecular weight excluding hydrogens is 557 g/mol. The maximum atomic E-state index is 13.2. The van der Waals surface area contributed by atoms with Gasteiger partial charge in [0.2, 0.25) is 5.95 Å². The van der Waals surface area contributed by atoms with E-state index in [4.69, 9.17) is 0 Å². The molecule has 5 rings (SSSR count). The maximum Gasteiger partial charge on any atom is 0.401 e. The Morgan fingerprint density at radius 1 is 1.22 bits per heavy atom. The van der Waals surface area contributed by atoms with Gasteiger partial charge in [-0.1, -0.05) is 12.1 Å². The van der Waals surface area contributed by atoms with Crippen LogP contribution in [0.2, 0.25) is 0 Å². The zero-order valence-electron chi connectivity index (χ0n) is 22.8. The van der Waals surface area contributed by atoms with Crippen LogP contribution in [0.3, 0.4) is 0 Å². The number of pyridine rings is 1. The fourth-order valence-electron chi connectivity index (χ4n) is 4.98. The quantitative estimate of drug-likeness (QED) is 0.318. The Kier molecular flexibility index (Phi) is 7.46. The van der Waals surface area contributed by atoms with Crippen molar-refractivity contribution < 1.29 is 17.4 Å². The van der Waals surface area contributed by atoms with E-state index in [1.165, 1.54) is 33.0 Å². The number of alkyl halides is 3. The molecule has 4 heterocycles. The van der Waals surface area contributed by atoms with Crippen molar-refractivity contribution in [3.8, 4) is 5.82 Å². The van der Waals surface area contributed by atoms with Gasteiger partial charge in [0.15, 0.2) is 17.3 Å². The van der Waals surface area contributed by atoms with Crippen LogP contribution in [0.1, 0.15) is 16.7 Å². The van der Waals surface area contributed by atoms with Crippen LogP contribution in [-0.2, 0) is 29.2 Å². The number of hydrogen-bond acceptors (Lipinski definition) is 8. The Morgan fingerprint density at radius 2 is 2.00 bits per heavy atom. The van der Waals surface area contributed by atoms with Crippen molar-refractivity contribution in [3.05, 3.63) is 76.2 Å². The molecule has 0 unspecified atom stereocenters. The van der Waals surface area contributed by atoms with E-state index in [2.05, 4.69) is 31.2 Å². The molecule has 41 heavy (non-hydrogen) atoms. The van der Waals surface area contributed by atoms with Crippen LogP contribution in [0.25, 0.3) is 16.9 Å². The number of hydrogen-bond donors (Lipinski definition) is 1. The molecule has 1 N–H and O–H groups in total. The second-order valence-electron chi connectivity index (χ2n) is 10.2. The van der Waals surface area contributed by atoms with Gasteiger partial charge in [-0.25, -0.2) is 23.5 Å². The van der Waals surface area contributed by atoms with Crippen LogP contribution >= 0.6 is 0 Å². The number of anilines is 2. The van der Waals surface area contributed by atoms with E-state index in [1.807, 2.05) is 19.1 Å². The minimum absolute atomic E-state index is 0.164. The molecule has 1 aromatic carbocycles. The molecule has 0 aliphatic carbocycles. The number of rotatable bonds is 7. The molecule has 4 aromatic rings. The van der Waals surface area contributed by atoms with Crippen molar-refractivity contribution in [1.29, 1.82) is 0 Å². The van der Waals surface area contributed by atoms with Gasteiger partial charge in [-0.3, -0.25) is 9.69 Å². The van der Waals surface area contributed by atoms with Gasteiger partial charge in [0.25, 0.3) is 5.56 Å². The molecule has 10 nitrogen and oxygen atoms in total. The molecule has 0 radical (unpaired) electrons. The normalized spacial score (nSPS) is 14.2. The van der Waals surface area contributed by atoms with Gasteiger partial charge >= 0.3 is 6.18 Å². The third kappa shape index (κ3) is 6.33. The van der Waals surface area contributed by atoms with E-state index in [1.54, 1.807) is 24.3 Å². The highest BCUT2D eigenvalue weighted by molar-refractivity contribution is 7.92. The maximum absolute atomic E-state index is 13.2. The Bertz CT molecular complexity index is 1830. The summed E-state index contributed by atoms with van der Waals surface area (Å²) in [6.45, 7) is 5.40. The van der Waals surface area contributed by atoms with Crippen molar-refractivity contribution in [2.45, 2.75) is 32.6 Å². The Labute approximate surface area is 234 Å². The molecule has 3 aromatic heterocycles. The average Bonchev–Trinajstić information content (AvgIpc) is 3.13. The third-order valence-corrected chi connectivity index (χ3v) is 7.15. The molecule has 1 aliphatic heterocycles. The average molecular weight is 587 g/mol. The molecule has 1 aliphatic rings. The summed E-state index contributed by atoms with van der Waals surface area (Å²) in [5.41, 5.74) is 3.36. The zero-order chi connectivity index (χ0) is 29.5. The van der Waals surface area contributed by atoms with Gasteiger partial charge in [-0.15, -0.1) is 6.58 Å². The molecule has 14 heteroatoms. The van der Waals surface area contributed by atoms with E-state index in [0.29, 0.717) is 24.5 Å². The van der Waals surface area contributed by atoms with Gasteiger partial charge in [0.1, 0.15) is 5.39 Å².